The number of likely N-dealkylation sites (N-methyl/N-ethyl adjacent to an activating group) is 1. The van der Waals surface area contributed by atoms with Gasteiger partial charge in [-0.1, -0.05) is 6.92 Å². The summed E-state index contributed by atoms with van der Waals surface area (Å²) in [7, 11) is 2.23. The van der Waals surface area contributed by atoms with Crippen molar-refractivity contribution < 1.29 is 0 Å². The lowest BCUT2D eigenvalue weighted by atomic mass is 10.1. The van der Waals surface area contributed by atoms with E-state index in [4.69, 9.17) is 0 Å². The number of nitrogens with one attached hydrogen (secondary N) is 1. The van der Waals surface area contributed by atoms with Crippen LogP contribution in [-0.4, -0.2) is 61.7 Å². The fraction of sp³-hybridized carbons (Fsp3) is 1.00. The molecule has 0 radical (unpaired) electrons. The van der Waals surface area contributed by atoms with Gasteiger partial charge >= 0.3 is 0 Å². The number of hydrogen-bond acceptors (Lipinski definition) is 3. The van der Waals surface area contributed by atoms with E-state index in [9.17, 15) is 0 Å². The van der Waals surface area contributed by atoms with Gasteiger partial charge in [0.2, 0.25) is 0 Å². The molecule has 0 aromatic heterocycles. The van der Waals surface area contributed by atoms with Gasteiger partial charge in [-0.05, 0) is 40.4 Å². The summed E-state index contributed by atoms with van der Waals surface area (Å²) in [6.07, 6.45) is 1.27. The average Bonchev–Trinajstić information content (AvgIpc) is 2.20. The summed E-state index contributed by atoms with van der Waals surface area (Å²) in [5.74, 6) is 0. The van der Waals surface area contributed by atoms with Crippen molar-refractivity contribution in [1.82, 2.24) is 15.1 Å². The standard InChI is InChI=1S/C12H27N3/c1-5-13-11(2)6-7-15-9-8-14(4)12(3)10-15/h11-13H,5-10H2,1-4H3. The predicted octanol–water partition coefficient (Wildman–Crippen LogP) is 1.01. The van der Waals surface area contributed by atoms with Crippen LogP contribution in [-0.2, 0) is 0 Å². The van der Waals surface area contributed by atoms with Crippen molar-refractivity contribution in [3.63, 3.8) is 0 Å². The minimum Gasteiger partial charge on any atom is -0.314 e. The Morgan fingerprint density at radius 2 is 2.13 bits per heavy atom. The number of nitrogens with zero attached hydrogens (tertiary/aromatic N) is 2. The summed E-state index contributed by atoms with van der Waals surface area (Å²) in [4.78, 5) is 5.04. The topological polar surface area (TPSA) is 18.5 Å². The van der Waals surface area contributed by atoms with Gasteiger partial charge in [0.25, 0.3) is 0 Å². The van der Waals surface area contributed by atoms with E-state index in [0.717, 1.165) is 6.54 Å². The van der Waals surface area contributed by atoms with Gasteiger partial charge in [0.15, 0.2) is 0 Å². The number of hydrogen-bond donors (Lipinski definition) is 1. The third-order valence-electron chi connectivity index (χ3n) is 3.47. The molecule has 0 bridgehead atoms. The molecule has 1 rings (SSSR count). The van der Waals surface area contributed by atoms with Crippen LogP contribution in [0.2, 0.25) is 0 Å². The Balaban J connectivity index is 2.16. The molecule has 1 aliphatic rings. The summed E-state index contributed by atoms with van der Waals surface area (Å²) in [5.41, 5.74) is 0. The maximum Gasteiger partial charge on any atom is 0.0192 e. The molecule has 1 saturated heterocycles. The van der Waals surface area contributed by atoms with Crippen molar-refractivity contribution in [2.45, 2.75) is 39.3 Å². The number of rotatable bonds is 5. The molecule has 90 valence electrons. The van der Waals surface area contributed by atoms with Crippen LogP contribution in [0.1, 0.15) is 27.2 Å². The van der Waals surface area contributed by atoms with Gasteiger partial charge in [0.1, 0.15) is 0 Å². The minimum atomic E-state index is 0.657. The summed E-state index contributed by atoms with van der Waals surface area (Å²) in [6.45, 7) is 12.8. The van der Waals surface area contributed by atoms with Crippen molar-refractivity contribution in [3.05, 3.63) is 0 Å². The average molecular weight is 213 g/mol. The lowest BCUT2D eigenvalue weighted by Crippen LogP contribution is -2.50. The Bertz CT molecular complexity index is 172. The molecule has 0 aromatic rings. The van der Waals surface area contributed by atoms with E-state index in [0.29, 0.717) is 12.1 Å². The molecule has 2 unspecified atom stereocenters. The molecule has 1 N–H and O–H groups in total. The first-order valence-corrected chi connectivity index (χ1v) is 6.29. The van der Waals surface area contributed by atoms with E-state index in [1.165, 1.54) is 32.6 Å². The second-order valence-corrected chi connectivity index (χ2v) is 4.88. The van der Waals surface area contributed by atoms with E-state index < -0.39 is 0 Å². The van der Waals surface area contributed by atoms with Crippen LogP contribution in [0.25, 0.3) is 0 Å². The molecule has 1 aliphatic heterocycles. The molecule has 0 aliphatic carbocycles. The van der Waals surface area contributed by atoms with Gasteiger partial charge in [0, 0.05) is 31.7 Å². The molecule has 0 saturated carbocycles. The quantitative estimate of drug-likeness (QED) is 0.735. The minimum absolute atomic E-state index is 0.657. The van der Waals surface area contributed by atoms with Gasteiger partial charge in [-0.15, -0.1) is 0 Å². The molecule has 0 aromatic carbocycles. The first kappa shape index (κ1) is 12.9. The van der Waals surface area contributed by atoms with Crippen LogP contribution in [0.4, 0.5) is 0 Å². The van der Waals surface area contributed by atoms with Crippen LogP contribution in [0, 0.1) is 0 Å². The zero-order valence-corrected chi connectivity index (χ0v) is 10.8. The van der Waals surface area contributed by atoms with Crippen LogP contribution < -0.4 is 5.32 Å². The zero-order chi connectivity index (χ0) is 11.3. The molecule has 3 heteroatoms. The fourth-order valence-corrected chi connectivity index (χ4v) is 2.15. The van der Waals surface area contributed by atoms with Crippen LogP contribution in [0.5, 0.6) is 0 Å². The van der Waals surface area contributed by atoms with Crippen LogP contribution >= 0.6 is 0 Å². The van der Waals surface area contributed by atoms with Crippen LogP contribution in [0.15, 0.2) is 0 Å². The zero-order valence-electron chi connectivity index (χ0n) is 10.8. The normalized spacial score (nSPS) is 26.8. The van der Waals surface area contributed by atoms with Gasteiger partial charge < -0.3 is 15.1 Å². The molecular formula is C12H27N3. The third kappa shape index (κ3) is 4.49. The largest absolute Gasteiger partial charge is 0.314 e. The maximum atomic E-state index is 3.47. The molecule has 1 heterocycles. The second kappa shape index (κ2) is 6.46. The van der Waals surface area contributed by atoms with Crippen molar-refractivity contribution in [1.29, 1.82) is 0 Å². The SMILES string of the molecule is CCNC(C)CCN1CCN(C)C(C)C1. The van der Waals surface area contributed by atoms with Gasteiger partial charge in [-0.25, -0.2) is 0 Å². The summed E-state index contributed by atoms with van der Waals surface area (Å²) in [5, 5.41) is 3.47. The van der Waals surface area contributed by atoms with Crippen LogP contribution in [0.3, 0.4) is 0 Å². The molecular weight excluding hydrogens is 186 g/mol. The van der Waals surface area contributed by atoms with Gasteiger partial charge in [-0.2, -0.15) is 0 Å². The maximum absolute atomic E-state index is 3.47. The lowest BCUT2D eigenvalue weighted by molar-refractivity contribution is 0.102. The molecule has 0 amide bonds. The fourth-order valence-electron chi connectivity index (χ4n) is 2.15. The van der Waals surface area contributed by atoms with Crippen molar-refractivity contribution in [3.8, 4) is 0 Å². The molecule has 3 nitrogen and oxygen atoms in total. The monoisotopic (exact) mass is 213 g/mol. The molecule has 1 fully saturated rings. The molecule has 2 atom stereocenters. The number of piperazine rings is 1. The third-order valence-corrected chi connectivity index (χ3v) is 3.47. The van der Waals surface area contributed by atoms with E-state index in [-0.39, 0.29) is 0 Å². The van der Waals surface area contributed by atoms with Gasteiger partial charge in [-0.3, -0.25) is 0 Å². The Hall–Kier alpha value is -0.120. The molecule has 15 heavy (non-hydrogen) atoms. The van der Waals surface area contributed by atoms with Crippen molar-refractivity contribution in [2.75, 3.05) is 39.8 Å². The first-order valence-electron chi connectivity index (χ1n) is 6.29. The van der Waals surface area contributed by atoms with Gasteiger partial charge in [0.05, 0.1) is 0 Å². The highest BCUT2D eigenvalue weighted by Gasteiger charge is 2.20. The van der Waals surface area contributed by atoms with E-state index >= 15 is 0 Å². The summed E-state index contributed by atoms with van der Waals surface area (Å²) >= 11 is 0. The second-order valence-electron chi connectivity index (χ2n) is 4.88. The van der Waals surface area contributed by atoms with Crippen molar-refractivity contribution in [2.24, 2.45) is 0 Å². The Kier molecular flexibility index (Phi) is 5.58. The first-order chi connectivity index (χ1) is 7.13. The smallest absolute Gasteiger partial charge is 0.0192 e. The lowest BCUT2D eigenvalue weighted by Gasteiger charge is -2.38. The summed E-state index contributed by atoms with van der Waals surface area (Å²) < 4.78 is 0. The highest BCUT2D eigenvalue weighted by atomic mass is 15.3. The Morgan fingerprint density at radius 1 is 1.40 bits per heavy atom. The Morgan fingerprint density at radius 3 is 2.73 bits per heavy atom. The van der Waals surface area contributed by atoms with E-state index in [1.807, 2.05) is 0 Å². The predicted molar refractivity (Wildman–Crippen MR) is 66.3 cm³/mol. The highest BCUT2D eigenvalue weighted by Crippen LogP contribution is 2.07. The van der Waals surface area contributed by atoms with Crippen molar-refractivity contribution >= 4 is 0 Å². The molecule has 0 spiro atoms. The highest BCUT2D eigenvalue weighted by molar-refractivity contribution is 4.77. The van der Waals surface area contributed by atoms with E-state index in [2.05, 4.69) is 42.9 Å². The Labute approximate surface area is 94.8 Å². The summed E-state index contributed by atoms with van der Waals surface area (Å²) in [6, 6.07) is 1.37. The van der Waals surface area contributed by atoms with E-state index in [1.54, 1.807) is 0 Å².